The van der Waals surface area contributed by atoms with E-state index in [-0.39, 0.29) is 29.7 Å². The van der Waals surface area contributed by atoms with Crippen LogP contribution < -0.4 is 10.6 Å². The summed E-state index contributed by atoms with van der Waals surface area (Å²) in [6.45, 7) is 0.231. The summed E-state index contributed by atoms with van der Waals surface area (Å²) in [5, 5.41) is 4.86. The van der Waals surface area contributed by atoms with Crippen LogP contribution in [0.15, 0.2) is 18.2 Å². The number of rotatable bonds is 3. The van der Waals surface area contributed by atoms with Crippen molar-refractivity contribution in [3.8, 4) is 0 Å². The number of carbonyl (C=O) groups excluding carboxylic acids is 1. The average Bonchev–Trinajstić information content (AvgIpc) is 2.71. The lowest BCUT2D eigenvalue weighted by Gasteiger charge is -2.11. The number of sulfone groups is 1. The van der Waals surface area contributed by atoms with Gasteiger partial charge in [-0.3, -0.25) is 0 Å². The Hall–Kier alpha value is -1.70. The van der Waals surface area contributed by atoms with Gasteiger partial charge >= 0.3 is 6.03 Å². The molecule has 0 saturated carbocycles. The second-order valence-corrected chi connectivity index (χ2v) is 6.96. The highest BCUT2D eigenvalue weighted by atomic mass is 32.2. The molecule has 1 heterocycles. The number of hydrogen-bond donors (Lipinski definition) is 2. The first-order valence-corrected chi connectivity index (χ1v) is 7.88. The maximum atomic E-state index is 12.9. The van der Waals surface area contributed by atoms with Crippen LogP contribution in [0.2, 0.25) is 0 Å². The molecule has 1 unspecified atom stereocenters. The first-order valence-electron chi connectivity index (χ1n) is 6.06. The Bertz CT molecular complexity index is 619. The number of benzene rings is 1. The molecule has 8 heteroatoms. The van der Waals surface area contributed by atoms with Crippen LogP contribution in [0.25, 0.3) is 0 Å². The van der Waals surface area contributed by atoms with Gasteiger partial charge in [-0.2, -0.15) is 0 Å². The largest absolute Gasteiger partial charge is 0.338 e. The fourth-order valence-electron chi connectivity index (χ4n) is 2.02. The highest BCUT2D eigenvalue weighted by Gasteiger charge is 2.27. The van der Waals surface area contributed by atoms with Crippen molar-refractivity contribution in [2.75, 3.05) is 23.4 Å². The molecular formula is C12H14F2N2O3S. The van der Waals surface area contributed by atoms with Crippen LogP contribution in [0.3, 0.4) is 0 Å². The van der Waals surface area contributed by atoms with Gasteiger partial charge in [-0.15, -0.1) is 0 Å². The normalized spacial score (nSPS) is 20.6. The molecule has 1 fully saturated rings. The quantitative estimate of drug-likeness (QED) is 0.889. The molecule has 20 heavy (non-hydrogen) atoms. The Morgan fingerprint density at radius 1 is 1.30 bits per heavy atom. The Morgan fingerprint density at radius 3 is 2.65 bits per heavy atom. The third kappa shape index (κ3) is 3.89. The Morgan fingerprint density at radius 2 is 2.05 bits per heavy atom. The fourth-order valence-corrected chi connectivity index (χ4v) is 3.88. The Labute approximate surface area is 115 Å². The number of hydrogen-bond acceptors (Lipinski definition) is 3. The number of urea groups is 1. The summed E-state index contributed by atoms with van der Waals surface area (Å²) in [5.41, 5.74) is 0.125. The van der Waals surface area contributed by atoms with E-state index in [4.69, 9.17) is 0 Å². The lowest BCUT2D eigenvalue weighted by atomic mass is 10.1. The molecule has 1 aliphatic rings. The zero-order valence-electron chi connectivity index (χ0n) is 10.5. The van der Waals surface area contributed by atoms with Crippen LogP contribution in [0.5, 0.6) is 0 Å². The lowest BCUT2D eigenvalue weighted by Crippen LogP contribution is -2.33. The van der Waals surface area contributed by atoms with E-state index >= 15 is 0 Å². The predicted molar refractivity (Wildman–Crippen MR) is 70.1 cm³/mol. The monoisotopic (exact) mass is 304 g/mol. The molecule has 0 bridgehead atoms. The minimum absolute atomic E-state index is 0.0679. The summed E-state index contributed by atoms with van der Waals surface area (Å²) in [4.78, 5) is 11.5. The molecule has 1 aliphatic heterocycles. The van der Waals surface area contributed by atoms with Crippen LogP contribution in [-0.4, -0.2) is 32.5 Å². The van der Waals surface area contributed by atoms with Crippen LogP contribution in [-0.2, 0) is 9.84 Å². The summed E-state index contributed by atoms with van der Waals surface area (Å²) in [6.07, 6.45) is 0.522. The second kappa shape index (κ2) is 5.74. The topological polar surface area (TPSA) is 75.3 Å². The maximum Gasteiger partial charge on any atom is 0.319 e. The molecule has 0 aliphatic carbocycles. The summed E-state index contributed by atoms with van der Waals surface area (Å²) in [6, 6.07) is 2.43. The zero-order valence-corrected chi connectivity index (χ0v) is 11.3. The molecule has 0 radical (unpaired) electrons. The van der Waals surface area contributed by atoms with Crippen molar-refractivity contribution in [3.63, 3.8) is 0 Å². The summed E-state index contributed by atoms with van der Waals surface area (Å²) < 4.78 is 48.1. The van der Waals surface area contributed by atoms with Gasteiger partial charge in [0.1, 0.15) is 0 Å². The number of amides is 2. The molecule has 5 nitrogen and oxygen atoms in total. The highest BCUT2D eigenvalue weighted by Crippen LogP contribution is 2.17. The Kier molecular flexibility index (Phi) is 4.22. The first-order chi connectivity index (χ1) is 9.35. The van der Waals surface area contributed by atoms with E-state index in [2.05, 4.69) is 10.6 Å². The van der Waals surface area contributed by atoms with Gasteiger partial charge < -0.3 is 10.6 Å². The SMILES string of the molecule is O=C(NCC1CCS(=O)(=O)C1)Nc1ccc(F)c(F)c1. The third-order valence-electron chi connectivity index (χ3n) is 3.06. The number of carbonyl (C=O) groups is 1. The van der Waals surface area contributed by atoms with Crippen molar-refractivity contribution < 1.29 is 22.0 Å². The van der Waals surface area contributed by atoms with Crippen molar-refractivity contribution in [1.82, 2.24) is 5.32 Å². The van der Waals surface area contributed by atoms with Gasteiger partial charge in [0.15, 0.2) is 21.5 Å². The maximum absolute atomic E-state index is 12.9. The van der Waals surface area contributed by atoms with E-state index in [1.165, 1.54) is 6.07 Å². The molecule has 2 N–H and O–H groups in total. The number of anilines is 1. The van der Waals surface area contributed by atoms with Crippen LogP contribution in [0.4, 0.5) is 19.3 Å². The molecule has 1 aromatic rings. The summed E-state index contributed by atoms with van der Waals surface area (Å²) >= 11 is 0. The van der Waals surface area contributed by atoms with Crippen molar-refractivity contribution >= 4 is 21.6 Å². The first kappa shape index (κ1) is 14.7. The second-order valence-electron chi connectivity index (χ2n) is 4.73. The van der Waals surface area contributed by atoms with Crippen molar-refractivity contribution in [2.45, 2.75) is 6.42 Å². The summed E-state index contributed by atoms with van der Waals surface area (Å²) in [5.74, 6) is -1.93. The summed E-state index contributed by atoms with van der Waals surface area (Å²) in [7, 11) is -2.98. The predicted octanol–water partition coefficient (Wildman–Crippen LogP) is 1.52. The van der Waals surface area contributed by atoms with Gasteiger partial charge in [-0.25, -0.2) is 22.0 Å². The van der Waals surface area contributed by atoms with Crippen LogP contribution in [0.1, 0.15) is 6.42 Å². The van der Waals surface area contributed by atoms with Gasteiger partial charge in [-0.05, 0) is 24.5 Å². The van der Waals surface area contributed by atoms with Gasteiger partial charge in [-0.1, -0.05) is 0 Å². The molecule has 1 aromatic carbocycles. The van der Waals surface area contributed by atoms with Crippen molar-refractivity contribution in [3.05, 3.63) is 29.8 Å². The van der Waals surface area contributed by atoms with E-state index in [0.717, 1.165) is 12.1 Å². The van der Waals surface area contributed by atoms with E-state index in [0.29, 0.717) is 6.42 Å². The standard InChI is InChI=1S/C12H14F2N2O3S/c13-10-2-1-9(5-11(10)14)16-12(17)15-6-8-3-4-20(18,19)7-8/h1-2,5,8H,3-4,6-7H2,(H2,15,16,17). The molecule has 1 saturated heterocycles. The van der Waals surface area contributed by atoms with Crippen molar-refractivity contribution in [2.24, 2.45) is 5.92 Å². The van der Waals surface area contributed by atoms with E-state index < -0.39 is 27.5 Å². The van der Waals surface area contributed by atoms with Gasteiger partial charge in [0.2, 0.25) is 0 Å². The third-order valence-corrected chi connectivity index (χ3v) is 4.89. The Balaban J connectivity index is 1.82. The smallest absolute Gasteiger partial charge is 0.319 e. The minimum Gasteiger partial charge on any atom is -0.338 e. The number of nitrogens with one attached hydrogen (secondary N) is 2. The van der Waals surface area contributed by atoms with Gasteiger partial charge in [0.25, 0.3) is 0 Å². The molecule has 0 spiro atoms. The molecular weight excluding hydrogens is 290 g/mol. The molecule has 1 atom stereocenters. The fraction of sp³-hybridized carbons (Fsp3) is 0.417. The number of halogens is 2. The minimum atomic E-state index is -2.98. The van der Waals surface area contributed by atoms with E-state index in [1.54, 1.807) is 0 Å². The van der Waals surface area contributed by atoms with E-state index in [1.807, 2.05) is 0 Å². The van der Waals surface area contributed by atoms with Crippen molar-refractivity contribution in [1.29, 1.82) is 0 Å². The van der Waals surface area contributed by atoms with Crippen LogP contribution >= 0.6 is 0 Å². The molecule has 0 aromatic heterocycles. The zero-order chi connectivity index (χ0) is 14.8. The highest BCUT2D eigenvalue weighted by molar-refractivity contribution is 7.91. The average molecular weight is 304 g/mol. The van der Waals surface area contributed by atoms with Gasteiger partial charge in [0, 0.05) is 18.3 Å². The van der Waals surface area contributed by atoms with Crippen LogP contribution in [0, 0.1) is 17.6 Å². The van der Waals surface area contributed by atoms with E-state index in [9.17, 15) is 22.0 Å². The molecule has 110 valence electrons. The van der Waals surface area contributed by atoms with Gasteiger partial charge in [0.05, 0.1) is 11.5 Å². The lowest BCUT2D eigenvalue weighted by molar-refractivity contribution is 0.250. The molecule has 2 amide bonds. The molecule has 2 rings (SSSR count).